The summed E-state index contributed by atoms with van der Waals surface area (Å²) in [7, 11) is 2.07. The van der Waals surface area contributed by atoms with E-state index in [-0.39, 0.29) is 6.04 Å². The van der Waals surface area contributed by atoms with Gasteiger partial charge in [0.25, 0.3) is 0 Å². The molecule has 19 heavy (non-hydrogen) atoms. The fraction of sp³-hybridized carbons (Fsp3) is 0.533. The van der Waals surface area contributed by atoms with Crippen LogP contribution in [0.3, 0.4) is 0 Å². The predicted octanol–water partition coefficient (Wildman–Crippen LogP) is 3.35. The van der Waals surface area contributed by atoms with Crippen LogP contribution in [0.15, 0.2) is 29.9 Å². The number of hydrogen-bond acceptors (Lipinski definition) is 3. The van der Waals surface area contributed by atoms with E-state index in [9.17, 15) is 0 Å². The summed E-state index contributed by atoms with van der Waals surface area (Å²) in [6, 6.07) is 5.17. The topological polar surface area (TPSA) is 29.9 Å². The Kier molecular flexibility index (Phi) is 3.71. The van der Waals surface area contributed by atoms with Crippen molar-refractivity contribution in [2.75, 3.05) is 0 Å². The van der Waals surface area contributed by atoms with Crippen molar-refractivity contribution in [1.29, 1.82) is 0 Å². The van der Waals surface area contributed by atoms with Crippen molar-refractivity contribution in [1.82, 2.24) is 14.9 Å². The number of nitrogens with zero attached hydrogens (tertiary/aromatic N) is 2. The molecule has 2 aromatic heterocycles. The van der Waals surface area contributed by atoms with Gasteiger partial charge in [-0.25, -0.2) is 4.98 Å². The zero-order chi connectivity index (χ0) is 13.2. The third kappa shape index (κ3) is 2.60. The highest BCUT2D eigenvalue weighted by molar-refractivity contribution is 7.10. The van der Waals surface area contributed by atoms with E-state index in [2.05, 4.69) is 46.4 Å². The first kappa shape index (κ1) is 12.9. The van der Waals surface area contributed by atoms with Crippen LogP contribution in [0.5, 0.6) is 0 Å². The summed E-state index contributed by atoms with van der Waals surface area (Å²) in [5, 5.41) is 5.98. The standard InChI is InChI=1S/C15H21N3S/c1-11-5-3-6-12(11)17-14(13-7-4-10-19-13)15-16-8-9-18(15)2/h4,7-12,14,17H,3,5-6H2,1-2H3. The summed E-state index contributed by atoms with van der Waals surface area (Å²) in [6.07, 6.45) is 7.88. The molecule has 3 rings (SSSR count). The van der Waals surface area contributed by atoms with Crippen molar-refractivity contribution in [3.8, 4) is 0 Å². The first-order chi connectivity index (χ1) is 9.25. The van der Waals surface area contributed by atoms with Crippen LogP contribution >= 0.6 is 11.3 Å². The monoisotopic (exact) mass is 275 g/mol. The zero-order valence-electron chi connectivity index (χ0n) is 11.5. The van der Waals surface area contributed by atoms with Crippen molar-refractivity contribution in [2.24, 2.45) is 13.0 Å². The van der Waals surface area contributed by atoms with E-state index in [1.54, 1.807) is 11.3 Å². The average Bonchev–Trinajstić information content (AvgIpc) is 3.09. The van der Waals surface area contributed by atoms with Crippen LogP contribution in [0.2, 0.25) is 0 Å². The molecule has 3 atom stereocenters. The van der Waals surface area contributed by atoms with Gasteiger partial charge in [0, 0.05) is 30.4 Å². The van der Waals surface area contributed by atoms with Gasteiger partial charge < -0.3 is 4.57 Å². The minimum atomic E-state index is 0.227. The molecule has 1 N–H and O–H groups in total. The van der Waals surface area contributed by atoms with E-state index in [0.29, 0.717) is 6.04 Å². The van der Waals surface area contributed by atoms with Gasteiger partial charge in [-0.1, -0.05) is 19.4 Å². The summed E-state index contributed by atoms with van der Waals surface area (Å²) in [5.74, 6) is 1.88. The molecule has 0 spiro atoms. The molecule has 1 fully saturated rings. The molecule has 0 saturated heterocycles. The van der Waals surface area contributed by atoms with E-state index in [1.807, 2.05) is 12.4 Å². The number of nitrogens with one attached hydrogen (secondary N) is 1. The SMILES string of the molecule is CC1CCCC1NC(c1cccs1)c1nccn1C. The van der Waals surface area contributed by atoms with Gasteiger partial charge in [0.1, 0.15) is 11.9 Å². The molecule has 0 amide bonds. The maximum atomic E-state index is 4.55. The van der Waals surface area contributed by atoms with E-state index in [4.69, 9.17) is 0 Å². The molecule has 3 nitrogen and oxygen atoms in total. The summed E-state index contributed by atoms with van der Waals surface area (Å²) < 4.78 is 2.12. The minimum absolute atomic E-state index is 0.227. The third-order valence-electron chi connectivity index (χ3n) is 4.19. The largest absolute Gasteiger partial charge is 0.336 e. The Hall–Kier alpha value is -1.13. The average molecular weight is 275 g/mol. The smallest absolute Gasteiger partial charge is 0.131 e. The Morgan fingerprint density at radius 1 is 1.47 bits per heavy atom. The van der Waals surface area contributed by atoms with Crippen LogP contribution in [-0.2, 0) is 7.05 Å². The number of hydrogen-bond donors (Lipinski definition) is 1. The Balaban J connectivity index is 1.87. The molecule has 0 aliphatic heterocycles. The summed E-state index contributed by atoms with van der Waals surface area (Å²) >= 11 is 1.81. The molecular weight excluding hydrogens is 254 g/mol. The molecule has 4 heteroatoms. The van der Waals surface area contributed by atoms with E-state index in [0.717, 1.165) is 11.7 Å². The quantitative estimate of drug-likeness (QED) is 0.927. The maximum absolute atomic E-state index is 4.55. The Morgan fingerprint density at radius 2 is 2.37 bits per heavy atom. The van der Waals surface area contributed by atoms with Crippen molar-refractivity contribution in [2.45, 2.75) is 38.3 Å². The second-order valence-electron chi connectivity index (χ2n) is 5.53. The van der Waals surface area contributed by atoms with Crippen LogP contribution in [0.1, 0.15) is 42.9 Å². The molecule has 102 valence electrons. The van der Waals surface area contributed by atoms with Crippen molar-refractivity contribution < 1.29 is 0 Å². The highest BCUT2D eigenvalue weighted by atomic mass is 32.1. The summed E-state index contributed by atoms with van der Waals surface area (Å²) in [5.41, 5.74) is 0. The molecule has 1 aliphatic rings. The lowest BCUT2D eigenvalue weighted by Crippen LogP contribution is -2.36. The minimum Gasteiger partial charge on any atom is -0.336 e. The molecule has 0 aromatic carbocycles. The lowest BCUT2D eigenvalue weighted by Gasteiger charge is -2.24. The molecule has 0 radical (unpaired) electrons. The zero-order valence-corrected chi connectivity index (χ0v) is 12.4. The van der Waals surface area contributed by atoms with Gasteiger partial charge >= 0.3 is 0 Å². The number of imidazole rings is 1. The fourth-order valence-electron chi connectivity index (χ4n) is 3.00. The fourth-order valence-corrected chi connectivity index (χ4v) is 3.78. The van der Waals surface area contributed by atoms with Gasteiger partial charge in [0.2, 0.25) is 0 Å². The Morgan fingerprint density at radius 3 is 2.95 bits per heavy atom. The normalized spacial score (nSPS) is 24.7. The molecule has 0 bridgehead atoms. The van der Waals surface area contributed by atoms with Gasteiger partial charge in [-0.3, -0.25) is 5.32 Å². The highest BCUT2D eigenvalue weighted by Gasteiger charge is 2.28. The lowest BCUT2D eigenvalue weighted by atomic mass is 10.0. The number of rotatable bonds is 4. The van der Waals surface area contributed by atoms with Gasteiger partial charge in [-0.05, 0) is 30.2 Å². The lowest BCUT2D eigenvalue weighted by molar-refractivity contribution is 0.391. The van der Waals surface area contributed by atoms with E-state index in [1.165, 1.54) is 24.1 Å². The number of thiophene rings is 1. The summed E-state index contributed by atoms with van der Waals surface area (Å²) in [6.45, 7) is 2.36. The molecule has 2 heterocycles. The predicted molar refractivity (Wildman–Crippen MR) is 79.3 cm³/mol. The molecule has 1 aliphatic carbocycles. The van der Waals surface area contributed by atoms with Crippen LogP contribution in [0.25, 0.3) is 0 Å². The molecular formula is C15H21N3S. The third-order valence-corrected chi connectivity index (χ3v) is 5.12. The second kappa shape index (κ2) is 5.47. The summed E-state index contributed by atoms with van der Waals surface area (Å²) in [4.78, 5) is 5.90. The van der Waals surface area contributed by atoms with Crippen LogP contribution < -0.4 is 5.32 Å². The van der Waals surface area contributed by atoms with Crippen molar-refractivity contribution in [3.63, 3.8) is 0 Å². The maximum Gasteiger partial charge on any atom is 0.131 e. The number of aromatic nitrogens is 2. The number of aryl methyl sites for hydroxylation is 1. The Labute approximate surface area is 118 Å². The van der Waals surface area contributed by atoms with Crippen LogP contribution in [0.4, 0.5) is 0 Å². The van der Waals surface area contributed by atoms with Crippen LogP contribution in [0, 0.1) is 5.92 Å². The first-order valence-electron chi connectivity index (χ1n) is 7.02. The van der Waals surface area contributed by atoms with Gasteiger partial charge in [0.15, 0.2) is 0 Å². The van der Waals surface area contributed by atoms with Crippen LogP contribution in [-0.4, -0.2) is 15.6 Å². The highest BCUT2D eigenvalue weighted by Crippen LogP contribution is 2.31. The first-order valence-corrected chi connectivity index (χ1v) is 7.90. The second-order valence-corrected chi connectivity index (χ2v) is 6.51. The van der Waals surface area contributed by atoms with E-state index < -0.39 is 0 Å². The van der Waals surface area contributed by atoms with Gasteiger partial charge in [0.05, 0.1) is 0 Å². The molecule has 1 saturated carbocycles. The van der Waals surface area contributed by atoms with E-state index >= 15 is 0 Å². The Bertz CT molecular complexity index is 517. The van der Waals surface area contributed by atoms with Gasteiger partial charge in [-0.15, -0.1) is 11.3 Å². The van der Waals surface area contributed by atoms with Gasteiger partial charge in [-0.2, -0.15) is 0 Å². The molecule has 3 unspecified atom stereocenters. The van der Waals surface area contributed by atoms with Crippen molar-refractivity contribution in [3.05, 3.63) is 40.6 Å². The molecule has 2 aromatic rings. The van der Waals surface area contributed by atoms with Crippen molar-refractivity contribution >= 4 is 11.3 Å².